The Morgan fingerprint density at radius 3 is 0.886 bits per heavy atom. The predicted molar refractivity (Wildman–Crippen MR) is 159 cm³/mol. The molecule has 2 nitrogen and oxygen atoms in total. The summed E-state index contributed by atoms with van der Waals surface area (Å²) < 4.78 is 0. The van der Waals surface area contributed by atoms with Gasteiger partial charge in [-0.2, -0.15) is 0 Å². The van der Waals surface area contributed by atoms with Crippen LogP contribution >= 0.6 is 0 Å². The zero-order valence-electron chi connectivity index (χ0n) is 24.7. The van der Waals surface area contributed by atoms with Crippen molar-refractivity contribution in [3.05, 3.63) is 12.4 Å². The lowest BCUT2D eigenvalue weighted by Gasteiger charge is -2.32. The summed E-state index contributed by atoms with van der Waals surface area (Å²) in [6.45, 7) is 9.47. The molecule has 0 aromatic carbocycles. The number of hydrogen-bond donors (Lipinski definition) is 0. The highest BCUT2D eigenvalue weighted by molar-refractivity contribution is 4.96. The quantitative estimate of drug-likeness (QED) is 0.106. The van der Waals surface area contributed by atoms with Crippen LogP contribution < -0.4 is 0 Å². The lowest BCUT2D eigenvalue weighted by atomic mass is 10.0. The molecule has 1 heterocycles. The van der Waals surface area contributed by atoms with E-state index in [4.69, 9.17) is 0 Å². The Balaban J connectivity index is 1.92. The molecule has 0 aromatic rings. The molecule has 35 heavy (non-hydrogen) atoms. The van der Waals surface area contributed by atoms with E-state index >= 15 is 0 Å². The molecule has 1 aliphatic heterocycles. The van der Waals surface area contributed by atoms with Crippen molar-refractivity contribution < 1.29 is 0 Å². The van der Waals surface area contributed by atoms with Gasteiger partial charge in [-0.3, -0.25) is 0 Å². The van der Waals surface area contributed by atoms with Gasteiger partial charge in [0.15, 0.2) is 0 Å². The monoisotopic (exact) mass is 491 g/mol. The highest BCUT2D eigenvalue weighted by Crippen LogP contribution is 2.21. The van der Waals surface area contributed by atoms with E-state index in [0.717, 1.165) is 0 Å². The standard InChI is InChI=1S/C33H66N2/c1-4-7-9-11-13-15-17-18-20-22-24-26-28-30-35-32-31-34(33(35)6-3)29-27-25-23-21-19-16-14-12-10-8-5-2/h31-33H,4-30H2,1-3H3. The number of rotatable bonds is 27. The lowest BCUT2D eigenvalue weighted by molar-refractivity contribution is 0.144. The number of nitrogens with zero attached hydrogens (tertiary/aromatic N) is 2. The van der Waals surface area contributed by atoms with Crippen molar-refractivity contribution in [2.24, 2.45) is 0 Å². The third-order valence-corrected chi connectivity index (χ3v) is 8.12. The van der Waals surface area contributed by atoms with Crippen LogP contribution in [-0.2, 0) is 0 Å². The summed E-state index contributed by atoms with van der Waals surface area (Å²) in [4.78, 5) is 5.24. The van der Waals surface area contributed by atoms with Crippen molar-refractivity contribution in [1.29, 1.82) is 0 Å². The molecule has 0 amide bonds. The van der Waals surface area contributed by atoms with E-state index in [1.54, 1.807) is 0 Å². The Labute approximate surface area is 222 Å². The van der Waals surface area contributed by atoms with Gasteiger partial charge in [0.05, 0.1) is 0 Å². The molecule has 1 unspecified atom stereocenters. The maximum atomic E-state index is 2.62. The molecule has 1 rings (SSSR count). The van der Waals surface area contributed by atoms with Gasteiger partial charge >= 0.3 is 0 Å². The topological polar surface area (TPSA) is 6.48 Å². The Bertz CT molecular complexity index is 446. The first-order chi connectivity index (χ1) is 17.3. The van der Waals surface area contributed by atoms with Gasteiger partial charge in [0.25, 0.3) is 0 Å². The van der Waals surface area contributed by atoms with Crippen molar-refractivity contribution in [3.8, 4) is 0 Å². The summed E-state index contributed by atoms with van der Waals surface area (Å²) in [7, 11) is 0. The van der Waals surface area contributed by atoms with Crippen LogP contribution in [0.3, 0.4) is 0 Å². The highest BCUT2D eigenvalue weighted by Gasteiger charge is 2.23. The van der Waals surface area contributed by atoms with Crippen molar-refractivity contribution >= 4 is 0 Å². The minimum atomic E-state index is 0.621. The summed E-state index contributed by atoms with van der Waals surface area (Å²) >= 11 is 0. The van der Waals surface area contributed by atoms with Crippen LogP contribution in [0, 0.1) is 0 Å². The smallest absolute Gasteiger partial charge is 0.100 e. The molecule has 0 N–H and O–H groups in total. The lowest BCUT2D eigenvalue weighted by Crippen LogP contribution is -2.38. The first-order valence-electron chi connectivity index (χ1n) is 16.5. The van der Waals surface area contributed by atoms with Crippen LogP contribution in [0.15, 0.2) is 12.4 Å². The van der Waals surface area contributed by atoms with Crippen LogP contribution in [0.1, 0.15) is 181 Å². The molecule has 0 saturated heterocycles. The Kier molecular flexibility index (Phi) is 23.1. The van der Waals surface area contributed by atoms with Crippen LogP contribution in [0.4, 0.5) is 0 Å². The Morgan fingerprint density at radius 2 is 0.629 bits per heavy atom. The van der Waals surface area contributed by atoms with E-state index in [1.807, 2.05) is 0 Å². The SMILES string of the molecule is CCCCCCCCCCCCCCCN1C=CN(CCCCCCCCCCCCC)C1CC. The average molecular weight is 491 g/mol. The summed E-state index contributed by atoms with van der Waals surface area (Å²) in [5.41, 5.74) is 0. The number of hydrogen-bond acceptors (Lipinski definition) is 2. The van der Waals surface area contributed by atoms with Crippen molar-refractivity contribution in [2.45, 2.75) is 187 Å². The van der Waals surface area contributed by atoms with Crippen molar-refractivity contribution in [1.82, 2.24) is 9.80 Å². The van der Waals surface area contributed by atoms with Gasteiger partial charge in [-0.25, -0.2) is 0 Å². The zero-order chi connectivity index (χ0) is 25.2. The molecule has 0 spiro atoms. The fourth-order valence-electron chi connectivity index (χ4n) is 5.75. The van der Waals surface area contributed by atoms with Crippen LogP contribution in [0.5, 0.6) is 0 Å². The Morgan fingerprint density at radius 1 is 0.371 bits per heavy atom. The second-order valence-corrected chi connectivity index (χ2v) is 11.4. The number of unbranched alkanes of at least 4 members (excludes halogenated alkanes) is 22. The third-order valence-electron chi connectivity index (χ3n) is 8.12. The molecule has 1 atom stereocenters. The first-order valence-corrected chi connectivity index (χ1v) is 16.5. The van der Waals surface area contributed by atoms with Crippen LogP contribution in [0.2, 0.25) is 0 Å². The molecule has 0 fully saturated rings. The van der Waals surface area contributed by atoms with Gasteiger partial charge in [0, 0.05) is 25.5 Å². The molecule has 1 aliphatic rings. The summed E-state index contributed by atoms with van der Waals surface area (Å²) in [5, 5.41) is 0. The predicted octanol–water partition coefficient (Wildman–Crippen LogP) is 11.2. The average Bonchev–Trinajstić information content (AvgIpc) is 3.26. The molecule has 0 saturated carbocycles. The molecule has 0 aromatic heterocycles. The molecule has 0 radical (unpaired) electrons. The van der Waals surface area contributed by atoms with Crippen molar-refractivity contribution in [2.75, 3.05) is 13.1 Å². The molecule has 2 heteroatoms. The summed E-state index contributed by atoms with van der Waals surface area (Å²) in [6, 6.07) is 0. The molecular formula is C33H66N2. The maximum Gasteiger partial charge on any atom is 0.100 e. The van der Waals surface area contributed by atoms with Gasteiger partial charge in [-0.1, -0.05) is 162 Å². The van der Waals surface area contributed by atoms with E-state index in [9.17, 15) is 0 Å². The summed E-state index contributed by atoms with van der Waals surface area (Å²) in [5.74, 6) is 0. The molecular weight excluding hydrogens is 424 g/mol. The molecule has 0 aliphatic carbocycles. The second kappa shape index (κ2) is 25.0. The highest BCUT2D eigenvalue weighted by atomic mass is 15.4. The van der Waals surface area contributed by atoms with Crippen molar-refractivity contribution in [3.63, 3.8) is 0 Å². The van der Waals surface area contributed by atoms with Gasteiger partial charge < -0.3 is 9.80 Å². The van der Waals surface area contributed by atoms with E-state index < -0.39 is 0 Å². The molecule has 208 valence electrons. The van der Waals surface area contributed by atoms with E-state index in [-0.39, 0.29) is 0 Å². The van der Waals surface area contributed by atoms with Gasteiger partial charge in [-0.05, 0) is 19.3 Å². The fourth-order valence-corrected chi connectivity index (χ4v) is 5.75. The fraction of sp³-hybridized carbons (Fsp3) is 0.939. The minimum Gasteiger partial charge on any atom is -0.356 e. The zero-order valence-corrected chi connectivity index (χ0v) is 24.7. The van der Waals surface area contributed by atoms with Gasteiger partial charge in [-0.15, -0.1) is 0 Å². The normalized spacial score (nSPS) is 15.6. The maximum absolute atomic E-state index is 2.62. The van der Waals surface area contributed by atoms with Gasteiger partial charge in [0.2, 0.25) is 0 Å². The second-order valence-electron chi connectivity index (χ2n) is 11.4. The largest absolute Gasteiger partial charge is 0.356 e. The summed E-state index contributed by atoms with van der Waals surface area (Å²) in [6.07, 6.45) is 41.1. The molecule has 0 bridgehead atoms. The van der Waals surface area contributed by atoms with Crippen LogP contribution in [0.25, 0.3) is 0 Å². The first kappa shape index (κ1) is 32.4. The minimum absolute atomic E-state index is 0.621. The van der Waals surface area contributed by atoms with E-state index in [1.165, 1.54) is 174 Å². The van der Waals surface area contributed by atoms with E-state index in [2.05, 4.69) is 43.0 Å². The Hall–Kier alpha value is -0.660. The van der Waals surface area contributed by atoms with Crippen LogP contribution in [-0.4, -0.2) is 29.1 Å². The van der Waals surface area contributed by atoms with Gasteiger partial charge in [0.1, 0.15) is 6.17 Å². The van der Waals surface area contributed by atoms with E-state index in [0.29, 0.717) is 6.17 Å². The third kappa shape index (κ3) is 18.3.